The molecule has 0 spiro atoms. The van der Waals surface area contributed by atoms with Crippen molar-refractivity contribution in [2.24, 2.45) is 0 Å². The summed E-state index contributed by atoms with van der Waals surface area (Å²) in [7, 11) is 0. The van der Waals surface area contributed by atoms with Crippen molar-refractivity contribution in [2.75, 3.05) is 5.32 Å². The Kier molecular flexibility index (Phi) is 3.52. The highest BCUT2D eigenvalue weighted by Gasteiger charge is 2.12. The van der Waals surface area contributed by atoms with Crippen LogP contribution in [-0.4, -0.2) is 16.1 Å². The van der Waals surface area contributed by atoms with E-state index in [9.17, 15) is 4.79 Å². The fourth-order valence-electron chi connectivity index (χ4n) is 1.65. The fourth-order valence-corrected chi connectivity index (χ4v) is 2.26. The van der Waals surface area contributed by atoms with Crippen molar-refractivity contribution in [2.45, 2.75) is 20.8 Å². The van der Waals surface area contributed by atoms with Crippen LogP contribution >= 0.6 is 15.9 Å². The average molecular weight is 308 g/mol. The highest BCUT2D eigenvalue weighted by atomic mass is 79.9. The molecule has 94 valence electrons. The summed E-state index contributed by atoms with van der Waals surface area (Å²) in [6.07, 6.45) is 0. The predicted molar refractivity (Wildman–Crippen MR) is 74.9 cm³/mol. The number of rotatable bonds is 2. The largest absolute Gasteiger partial charge is 0.305 e. The first-order valence-electron chi connectivity index (χ1n) is 5.57. The van der Waals surface area contributed by atoms with Gasteiger partial charge in [-0.05, 0) is 44.5 Å². The lowest BCUT2D eigenvalue weighted by molar-refractivity contribution is 0.102. The van der Waals surface area contributed by atoms with Crippen LogP contribution < -0.4 is 5.32 Å². The number of carbonyl (C=O) groups excluding carboxylic acids is 1. The van der Waals surface area contributed by atoms with Crippen molar-refractivity contribution < 1.29 is 4.79 Å². The van der Waals surface area contributed by atoms with Gasteiger partial charge < -0.3 is 5.32 Å². The van der Waals surface area contributed by atoms with Gasteiger partial charge in [0.2, 0.25) is 0 Å². The number of nitrogens with zero attached hydrogens (tertiary/aromatic N) is 1. The second kappa shape index (κ2) is 4.94. The number of carbonyl (C=O) groups is 1. The summed E-state index contributed by atoms with van der Waals surface area (Å²) >= 11 is 3.38. The molecule has 0 bridgehead atoms. The molecule has 0 saturated carbocycles. The summed E-state index contributed by atoms with van der Waals surface area (Å²) < 4.78 is 0.891. The number of nitrogens with one attached hydrogen (secondary N) is 2. The predicted octanol–water partition coefficient (Wildman–Crippen LogP) is 3.35. The summed E-state index contributed by atoms with van der Waals surface area (Å²) in [4.78, 5) is 12.1. The number of anilines is 1. The van der Waals surface area contributed by atoms with Crippen LogP contribution in [0.1, 0.15) is 27.2 Å². The minimum absolute atomic E-state index is 0.158. The molecule has 2 N–H and O–H groups in total. The third-order valence-corrected chi connectivity index (χ3v) is 3.25. The number of H-pyrrole nitrogens is 1. The highest BCUT2D eigenvalue weighted by Crippen LogP contribution is 2.18. The number of halogens is 1. The molecular weight excluding hydrogens is 294 g/mol. The van der Waals surface area contributed by atoms with Crippen LogP contribution in [0.4, 0.5) is 5.82 Å². The molecule has 1 aromatic heterocycles. The van der Waals surface area contributed by atoms with Gasteiger partial charge in [0.15, 0.2) is 5.82 Å². The molecule has 2 aromatic rings. The van der Waals surface area contributed by atoms with Crippen molar-refractivity contribution in [3.63, 3.8) is 0 Å². The molecule has 0 fully saturated rings. The Morgan fingerprint density at radius 3 is 2.56 bits per heavy atom. The summed E-state index contributed by atoms with van der Waals surface area (Å²) in [5.41, 5.74) is 3.55. The first-order valence-corrected chi connectivity index (χ1v) is 6.37. The topological polar surface area (TPSA) is 57.8 Å². The maximum absolute atomic E-state index is 12.1. The molecule has 1 amide bonds. The van der Waals surface area contributed by atoms with E-state index in [-0.39, 0.29) is 5.91 Å². The van der Waals surface area contributed by atoms with Gasteiger partial charge in [0.25, 0.3) is 5.91 Å². The quantitative estimate of drug-likeness (QED) is 0.894. The van der Waals surface area contributed by atoms with Crippen molar-refractivity contribution in [1.82, 2.24) is 10.2 Å². The Balaban J connectivity index is 2.24. The van der Waals surface area contributed by atoms with Crippen LogP contribution in [0.25, 0.3) is 0 Å². The fraction of sp³-hybridized carbons (Fsp3) is 0.231. The van der Waals surface area contributed by atoms with Gasteiger partial charge >= 0.3 is 0 Å². The normalized spacial score (nSPS) is 10.4. The number of aromatic amines is 1. The van der Waals surface area contributed by atoms with Gasteiger partial charge in [-0.1, -0.05) is 15.9 Å². The second-order valence-electron chi connectivity index (χ2n) is 4.29. The van der Waals surface area contributed by atoms with Gasteiger partial charge in [0.05, 0.1) is 0 Å². The first-order chi connectivity index (χ1) is 8.47. The van der Waals surface area contributed by atoms with Gasteiger partial charge in [-0.3, -0.25) is 9.89 Å². The van der Waals surface area contributed by atoms with Crippen molar-refractivity contribution in [1.29, 1.82) is 0 Å². The molecule has 18 heavy (non-hydrogen) atoms. The molecule has 0 aliphatic carbocycles. The number of aromatic nitrogens is 2. The van der Waals surface area contributed by atoms with Crippen LogP contribution in [0.5, 0.6) is 0 Å². The van der Waals surface area contributed by atoms with E-state index in [1.165, 1.54) is 0 Å². The molecule has 4 nitrogen and oxygen atoms in total. The van der Waals surface area contributed by atoms with Gasteiger partial charge in [0.1, 0.15) is 0 Å². The first kappa shape index (κ1) is 12.8. The summed E-state index contributed by atoms with van der Waals surface area (Å²) in [5, 5.41) is 9.70. The lowest BCUT2D eigenvalue weighted by Gasteiger charge is -2.05. The van der Waals surface area contributed by atoms with Crippen LogP contribution in [0.15, 0.2) is 22.7 Å². The molecule has 0 aliphatic heterocycles. The lowest BCUT2D eigenvalue weighted by Crippen LogP contribution is -2.13. The minimum atomic E-state index is -0.158. The number of hydrogen-bond acceptors (Lipinski definition) is 2. The van der Waals surface area contributed by atoms with Crippen LogP contribution in [-0.2, 0) is 0 Å². The van der Waals surface area contributed by atoms with E-state index in [1.807, 2.05) is 32.9 Å². The maximum atomic E-state index is 12.1. The zero-order valence-corrected chi connectivity index (χ0v) is 12.1. The standard InChI is InChI=1S/C13H14BrN3O/c1-7-4-10(6-11(14)5-7)13(18)15-12-8(2)9(3)16-17-12/h4-6H,1-3H3,(H2,15,16,17,18). The highest BCUT2D eigenvalue weighted by molar-refractivity contribution is 9.10. The Bertz CT molecular complexity index is 584. The molecule has 1 aromatic carbocycles. The molecule has 5 heteroatoms. The van der Waals surface area contributed by atoms with E-state index in [4.69, 9.17) is 0 Å². The summed E-state index contributed by atoms with van der Waals surface area (Å²) in [5.74, 6) is 0.420. The molecular formula is C13H14BrN3O. The second-order valence-corrected chi connectivity index (χ2v) is 5.21. The zero-order valence-electron chi connectivity index (χ0n) is 10.5. The van der Waals surface area contributed by atoms with Gasteiger partial charge in [-0.25, -0.2) is 0 Å². The van der Waals surface area contributed by atoms with E-state index < -0.39 is 0 Å². The van der Waals surface area contributed by atoms with Crippen molar-refractivity contribution >= 4 is 27.7 Å². The van der Waals surface area contributed by atoms with Crippen LogP contribution in [0.2, 0.25) is 0 Å². The van der Waals surface area contributed by atoms with Gasteiger partial charge in [-0.2, -0.15) is 5.10 Å². The van der Waals surface area contributed by atoms with E-state index in [1.54, 1.807) is 6.07 Å². The third kappa shape index (κ3) is 2.61. The number of benzene rings is 1. The van der Waals surface area contributed by atoms with Crippen LogP contribution in [0, 0.1) is 20.8 Å². The maximum Gasteiger partial charge on any atom is 0.256 e. The molecule has 2 rings (SSSR count). The molecule has 0 atom stereocenters. The lowest BCUT2D eigenvalue weighted by atomic mass is 10.1. The number of aryl methyl sites for hydroxylation is 2. The molecule has 0 saturated heterocycles. The average Bonchev–Trinajstić information content (AvgIpc) is 2.59. The van der Waals surface area contributed by atoms with Gasteiger partial charge in [-0.15, -0.1) is 0 Å². The van der Waals surface area contributed by atoms with Gasteiger partial charge in [0, 0.05) is 21.3 Å². The monoisotopic (exact) mass is 307 g/mol. The molecule has 0 aliphatic rings. The van der Waals surface area contributed by atoms with Crippen molar-refractivity contribution in [3.8, 4) is 0 Å². The van der Waals surface area contributed by atoms with Crippen LogP contribution in [0.3, 0.4) is 0 Å². The SMILES string of the molecule is Cc1cc(Br)cc(C(=O)Nc2n[nH]c(C)c2C)c1. The Morgan fingerprint density at radius 2 is 2.00 bits per heavy atom. The Morgan fingerprint density at radius 1 is 1.28 bits per heavy atom. The van der Waals surface area contributed by atoms with E-state index >= 15 is 0 Å². The third-order valence-electron chi connectivity index (χ3n) is 2.79. The molecule has 1 heterocycles. The minimum Gasteiger partial charge on any atom is -0.305 e. The smallest absolute Gasteiger partial charge is 0.256 e. The Hall–Kier alpha value is -1.62. The van der Waals surface area contributed by atoms with E-state index in [0.29, 0.717) is 11.4 Å². The summed E-state index contributed by atoms with van der Waals surface area (Å²) in [6.45, 7) is 5.79. The van der Waals surface area contributed by atoms with E-state index in [0.717, 1.165) is 21.3 Å². The molecule has 0 radical (unpaired) electrons. The van der Waals surface area contributed by atoms with Crippen molar-refractivity contribution in [3.05, 3.63) is 45.1 Å². The Labute approximate surface area is 114 Å². The van der Waals surface area contributed by atoms with E-state index in [2.05, 4.69) is 31.4 Å². The summed E-state index contributed by atoms with van der Waals surface area (Å²) in [6, 6.07) is 5.59. The zero-order chi connectivity index (χ0) is 13.3. The number of hydrogen-bond donors (Lipinski definition) is 2. The number of amides is 1. The molecule has 0 unspecified atom stereocenters.